The number of thiophene rings is 1. The summed E-state index contributed by atoms with van der Waals surface area (Å²) in [6.45, 7) is 6.91. The minimum absolute atomic E-state index is 0.181. The van der Waals surface area contributed by atoms with Crippen LogP contribution < -0.4 is 15.5 Å². The van der Waals surface area contributed by atoms with Crippen molar-refractivity contribution in [2.45, 2.75) is 26.9 Å². The van der Waals surface area contributed by atoms with E-state index in [1.54, 1.807) is 24.5 Å². The normalized spacial score (nSPS) is 11.4. The smallest absolute Gasteiger partial charge is 0.191 e. The van der Waals surface area contributed by atoms with Gasteiger partial charge in [0.1, 0.15) is 5.82 Å². The van der Waals surface area contributed by atoms with Crippen LogP contribution in [0.3, 0.4) is 0 Å². The number of benzene rings is 1. The molecule has 130 valence electrons. The van der Waals surface area contributed by atoms with Crippen LogP contribution in [-0.4, -0.2) is 26.1 Å². The molecule has 0 amide bonds. The fourth-order valence-electron chi connectivity index (χ4n) is 2.47. The highest BCUT2D eigenvalue weighted by molar-refractivity contribution is 7.09. The summed E-state index contributed by atoms with van der Waals surface area (Å²) in [5.74, 6) is 0.524. The van der Waals surface area contributed by atoms with Crippen LogP contribution in [0.1, 0.15) is 24.3 Å². The molecule has 2 aromatic rings. The lowest BCUT2D eigenvalue weighted by Gasteiger charge is -2.22. The Morgan fingerprint density at radius 1 is 1.17 bits per heavy atom. The molecule has 2 N–H and O–H groups in total. The molecule has 0 aliphatic carbocycles. The van der Waals surface area contributed by atoms with Crippen molar-refractivity contribution in [2.75, 3.05) is 25.0 Å². The average Bonchev–Trinajstić information content (AvgIpc) is 3.11. The van der Waals surface area contributed by atoms with E-state index in [1.807, 2.05) is 42.3 Å². The molecule has 1 heterocycles. The molecular formula is C18H25FN4S. The van der Waals surface area contributed by atoms with E-state index in [0.717, 1.165) is 25.2 Å². The third-order valence-electron chi connectivity index (χ3n) is 3.81. The molecule has 1 aromatic heterocycles. The van der Waals surface area contributed by atoms with E-state index in [4.69, 9.17) is 0 Å². The molecule has 0 aliphatic heterocycles. The zero-order valence-electron chi connectivity index (χ0n) is 14.5. The molecule has 0 radical (unpaired) electrons. The van der Waals surface area contributed by atoms with Gasteiger partial charge in [-0.3, -0.25) is 4.99 Å². The summed E-state index contributed by atoms with van der Waals surface area (Å²) in [5.41, 5.74) is 1.55. The van der Waals surface area contributed by atoms with Crippen molar-refractivity contribution in [3.63, 3.8) is 0 Å². The van der Waals surface area contributed by atoms with Gasteiger partial charge in [-0.1, -0.05) is 12.1 Å². The standard InChI is InChI=1S/C18H25FN4S/c1-4-23(5-2)17-9-8-14(11-16(17)19)12-21-18(20-3)22-13-15-7-6-10-24-15/h6-11H,4-5,12-13H2,1-3H3,(H2,20,21,22). The van der Waals surface area contributed by atoms with E-state index >= 15 is 0 Å². The largest absolute Gasteiger partial charge is 0.370 e. The Balaban J connectivity index is 1.91. The molecule has 24 heavy (non-hydrogen) atoms. The fourth-order valence-corrected chi connectivity index (χ4v) is 3.12. The van der Waals surface area contributed by atoms with Crippen LogP contribution in [0.4, 0.5) is 10.1 Å². The van der Waals surface area contributed by atoms with Gasteiger partial charge in [-0.15, -0.1) is 11.3 Å². The molecule has 0 aliphatic rings. The predicted octanol–water partition coefficient (Wildman–Crippen LogP) is 3.60. The van der Waals surface area contributed by atoms with Crippen LogP contribution in [0.25, 0.3) is 0 Å². The molecule has 0 atom stereocenters. The first-order valence-electron chi connectivity index (χ1n) is 8.18. The lowest BCUT2D eigenvalue weighted by atomic mass is 10.2. The van der Waals surface area contributed by atoms with E-state index in [-0.39, 0.29) is 5.82 Å². The summed E-state index contributed by atoms with van der Waals surface area (Å²) >= 11 is 1.70. The van der Waals surface area contributed by atoms with E-state index in [0.29, 0.717) is 18.2 Å². The number of nitrogens with one attached hydrogen (secondary N) is 2. The van der Waals surface area contributed by atoms with Crippen molar-refractivity contribution in [2.24, 2.45) is 4.99 Å². The third-order valence-corrected chi connectivity index (χ3v) is 4.69. The Bertz CT molecular complexity index is 651. The van der Waals surface area contributed by atoms with Crippen molar-refractivity contribution in [3.8, 4) is 0 Å². The first-order valence-corrected chi connectivity index (χ1v) is 9.06. The van der Waals surface area contributed by atoms with E-state index in [2.05, 4.69) is 21.7 Å². The zero-order valence-corrected chi connectivity index (χ0v) is 15.3. The quantitative estimate of drug-likeness (QED) is 0.593. The number of hydrogen-bond acceptors (Lipinski definition) is 3. The number of guanidine groups is 1. The van der Waals surface area contributed by atoms with Crippen LogP contribution in [0.2, 0.25) is 0 Å². The molecule has 1 aromatic carbocycles. The Hall–Kier alpha value is -2.08. The number of nitrogens with zero attached hydrogens (tertiary/aromatic N) is 2. The number of halogens is 1. The predicted molar refractivity (Wildman–Crippen MR) is 101 cm³/mol. The zero-order chi connectivity index (χ0) is 17.4. The first-order chi connectivity index (χ1) is 11.7. The van der Waals surface area contributed by atoms with Crippen LogP contribution in [0.15, 0.2) is 40.7 Å². The maximum absolute atomic E-state index is 14.3. The van der Waals surface area contributed by atoms with Crippen LogP contribution >= 0.6 is 11.3 Å². The topological polar surface area (TPSA) is 39.7 Å². The number of aliphatic imine (C=N–C) groups is 1. The molecule has 0 unspecified atom stereocenters. The highest BCUT2D eigenvalue weighted by Gasteiger charge is 2.09. The van der Waals surface area contributed by atoms with Crippen LogP contribution in [0.5, 0.6) is 0 Å². The number of anilines is 1. The average molecular weight is 348 g/mol. The summed E-state index contributed by atoms with van der Waals surface area (Å²) in [5, 5.41) is 8.52. The maximum atomic E-state index is 14.3. The summed E-state index contributed by atoms with van der Waals surface area (Å²) in [6.07, 6.45) is 0. The Morgan fingerprint density at radius 3 is 2.50 bits per heavy atom. The summed E-state index contributed by atoms with van der Waals surface area (Å²) in [4.78, 5) is 7.45. The van der Waals surface area contributed by atoms with Crippen molar-refractivity contribution in [3.05, 3.63) is 52.0 Å². The van der Waals surface area contributed by atoms with E-state index in [9.17, 15) is 4.39 Å². The third kappa shape index (κ3) is 4.96. The Kier molecular flexibility index (Phi) is 7.06. The molecule has 0 saturated heterocycles. The van der Waals surface area contributed by atoms with Gasteiger partial charge >= 0.3 is 0 Å². The minimum atomic E-state index is -0.181. The van der Waals surface area contributed by atoms with Gasteiger partial charge in [0.05, 0.1) is 12.2 Å². The van der Waals surface area contributed by atoms with Gasteiger partial charge < -0.3 is 15.5 Å². The SMILES string of the molecule is CCN(CC)c1ccc(CNC(=NC)NCc2cccs2)cc1F. The van der Waals surface area contributed by atoms with Gasteiger partial charge in [-0.05, 0) is 43.0 Å². The van der Waals surface area contributed by atoms with Crippen molar-refractivity contribution < 1.29 is 4.39 Å². The van der Waals surface area contributed by atoms with Crippen LogP contribution in [-0.2, 0) is 13.1 Å². The molecular weight excluding hydrogens is 323 g/mol. The monoisotopic (exact) mass is 348 g/mol. The van der Waals surface area contributed by atoms with Gasteiger partial charge in [0, 0.05) is 31.6 Å². The molecule has 0 spiro atoms. The molecule has 6 heteroatoms. The summed E-state index contributed by atoms with van der Waals surface area (Å²) in [7, 11) is 1.73. The van der Waals surface area contributed by atoms with Gasteiger partial charge in [0.2, 0.25) is 0 Å². The summed E-state index contributed by atoms with van der Waals surface area (Å²) in [6, 6.07) is 9.50. The fraction of sp³-hybridized carbons (Fsp3) is 0.389. The molecule has 0 fully saturated rings. The number of hydrogen-bond donors (Lipinski definition) is 2. The molecule has 4 nitrogen and oxygen atoms in total. The molecule has 0 bridgehead atoms. The van der Waals surface area contributed by atoms with Gasteiger partial charge in [-0.25, -0.2) is 4.39 Å². The maximum Gasteiger partial charge on any atom is 0.191 e. The highest BCUT2D eigenvalue weighted by Crippen LogP contribution is 2.20. The van der Waals surface area contributed by atoms with Crippen molar-refractivity contribution >= 4 is 23.0 Å². The molecule has 0 saturated carbocycles. The van der Waals surface area contributed by atoms with E-state index in [1.165, 1.54) is 4.88 Å². The minimum Gasteiger partial charge on any atom is -0.370 e. The van der Waals surface area contributed by atoms with E-state index < -0.39 is 0 Å². The second-order valence-electron chi connectivity index (χ2n) is 5.32. The lowest BCUT2D eigenvalue weighted by molar-refractivity contribution is 0.617. The Labute approximate surface area is 147 Å². The van der Waals surface area contributed by atoms with Gasteiger partial charge in [0.15, 0.2) is 5.96 Å². The molecule has 2 rings (SSSR count). The van der Waals surface area contributed by atoms with Crippen LogP contribution in [0, 0.1) is 5.82 Å². The first kappa shape index (κ1) is 18.3. The van der Waals surface area contributed by atoms with Gasteiger partial charge in [0.25, 0.3) is 0 Å². The summed E-state index contributed by atoms with van der Waals surface area (Å²) < 4.78 is 14.3. The lowest BCUT2D eigenvalue weighted by Crippen LogP contribution is -2.36. The Morgan fingerprint density at radius 2 is 1.92 bits per heavy atom. The van der Waals surface area contributed by atoms with Gasteiger partial charge in [-0.2, -0.15) is 0 Å². The second-order valence-corrected chi connectivity index (χ2v) is 6.35. The number of rotatable bonds is 7. The second kappa shape index (κ2) is 9.27. The highest BCUT2D eigenvalue weighted by atomic mass is 32.1. The van der Waals surface area contributed by atoms with Crippen molar-refractivity contribution in [1.82, 2.24) is 10.6 Å². The van der Waals surface area contributed by atoms with Crippen molar-refractivity contribution in [1.29, 1.82) is 0 Å².